The molecule has 1 aliphatic carbocycles. The van der Waals surface area contributed by atoms with E-state index in [-0.39, 0.29) is 0 Å². The average Bonchev–Trinajstić information content (AvgIpc) is 2.50. The van der Waals surface area contributed by atoms with Crippen LogP contribution in [0.2, 0.25) is 0 Å². The summed E-state index contributed by atoms with van der Waals surface area (Å²) >= 11 is 0. The van der Waals surface area contributed by atoms with Crippen LogP contribution in [0.3, 0.4) is 0 Å². The van der Waals surface area contributed by atoms with Crippen molar-refractivity contribution in [2.45, 2.75) is 25.0 Å². The van der Waals surface area contributed by atoms with E-state index in [1.807, 2.05) is 18.2 Å². The van der Waals surface area contributed by atoms with E-state index < -0.39 is 12.2 Å². The van der Waals surface area contributed by atoms with Gasteiger partial charge in [0.15, 0.2) is 0 Å². The molecule has 2 unspecified atom stereocenters. The number of fused-ring (bicyclic) bond motifs is 5. The molecule has 3 aromatic rings. The number of aliphatic hydroxyl groups is 2. The molecule has 0 radical (unpaired) electrons. The summed E-state index contributed by atoms with van der Waals surface area (Å²) in [7, 11) is 0. The van der Waals surface area contributed by atoms with Gasteiger partial charge in [0.1, 0.15) is 6.10 Å². The number of aliphatic hydroxyl groups excluding tert-OH is 2. The second-order valence-corrected chi connectivity index (χ2v) is 5.57. The quantitative estimate of drug-likeness (QED) is 0.611. The Hall–Kier alpha value is -1.90. The number of aryl methyl sites for hydroxylation is 1. The SMILES string of the molecule is OC1CCc2c(ccc3ccc4ccccc4c23)C1O. The summed E-state index contributed by atoms with van der Waals surface area (Å²) in [6, 6.07) is 16.6. The lowest BCUT2D eigenvalue weighted by Gasteiger charge is -2.28. The van der Waals surface area contributed by atoms with Crippen LogP contribution in [-0.4, -0.2) is 16.3 Å². The standard InChI is InChI=1S/C18H16O2/c19-16-10-9-14-15(18(16)20)8-7-12-6-5-11-3-1-2-4-13(11)17(12)14/h1-8,16,18-20H,9-10H2. The predicted octanol–water partition coefficient (Wildman–Crippen LogP) is 3.33. The maximum Gasteiger partial charge on any atom is 0.105 e. The fraction of sp³-hybridized carbons (Fsp3) is 0.222. The van der Waals surface area contributed by atoms with Crippen LogP contribution in [0.15, 0.2) is 48.5 Å². The normalized spacial score (nSPS) is 22.1. The van der Waals surface area contributed by atoms with Gasteiger partial charge in [-0.1, -0.05) is 48.5 Å². The summed E-state index contributed by atoms with van der Waals surface area (Å²) in [5.41, 5.74) is 2.07. The zero-order chi connectivity index (χ0) is 13.7. The Morgan fingerprint density at radius 1 is 0.850 bits per heavy atom. The second kappa shape index (κ2) is 4.30. The van der Waals surface area contributed by atoms with Gasteiger partial charge in [-0.25, -0.2) is 0 Å². The van der Waals surface area contributed by atoms with Crippen molar-refractivity contribution >= 4 is 21.5 Å². The topological polar surface area (TPSA) is 40.5 Å². The maximum absolute atomic E-state index is 10.2. The Morgan fingerprint density at radius 2 is 1.60 bits per heavy atom. The van der Waals surface area contributed by atoms with Crippen molar-refractivity contribution in [3.63, 3.8) is 0 Å². The van der Waals surface area contributed by atoms with E-state index in [9.17, 15) is 10.2 Å². The first-order valence-electron chi connectivity index (χ1n) is 7.05. The van der Waals surface area contributed by atoms with Crippen molar-refractivity contribution in [2.24, 2.45) is 0 Å². The van der Waals surface area contributed by atoms with E-state index in [2.05, 4.69) is 30.3 Å². The van der Waals surface area contributed by atoms with E-state index in [0.717, 1.165) is 12.0 Å². The molecule has 2 atom stereocenters. The molecule has 0 amide bonds. The number of hydrogen-bond donors (Lipinski definition) is 2. The fourth-order valence-electron chi connectivity index (χ4n) is 3.39. The number of rotatable bonds is 0. The maximum atomic E-state index is 10.2. The van der Waals surface area contributed by atoms with Crippen molar-refractivity contribution in [1.29, 1.82) is 0 Å². The van der Waals surface area contributed by atoms with Crippen LogP contribution in [0.5, 0.6) is 0 Å². The molecule has 2 nitrogen and oxygen atoms in total. The van der Waals surface area contributed by atoms with Crippen LogP contribution in [0, 0.1) is 0 Å². The average molecular weight is 264 g/mol. The minimum atomic E-state index is -0.762. The lowest BCUT2D eigenvalue weighted by Crippen LogP contribution is -2.25. The van der Waals surface area contributed by atoms with Crippen LogP contribution in [0.4, 0.5) is 0 Å². The minimum Gasteiger partial charge on any atom is -0.390 e. The smallest absolute Gasteiger partial charge is 0.105 e. The van der Waals surface area contributed by atoms with Crippen LogP contribution in [0.25, 0.3) is 21.5 Å². The van der Waals surface area contributed by atoms with Crippen LogP contribution in [0.1, 0.15) is 23.7 Å². The first-order valence-corrected chi connectivity index (χ1v) is 7.05. The Balaban J connectivity index is 2.14. The van der Waals surface area contributed by atoms with Crippen LogP contribution >= 0.6 is 0 Å². The summed E-state index contributed by atoms with van der Waals surface area (Å²) in [6.45, 7) is 0. The van der Waals surface area contributed by atoms with Gasteiger partial charge in [0.05, 0.1) is 6.10 Å². The third-order valence-corrected chi connectivity index (χ3v) is 4.43. The lowest BCUT2D eigenvalue weighted by molar-refractivity contribution is 0.00676. The minimum absolute atomic E-state index is 0.622. The summed E-state index contributed by atoms with van der Waals surface area (Å²) < 4.78 is 0. The molecule has 20 heavy (non-hydrogen) atoms. The van der Waals surface area contributed by atoms with E-state index in [1.54, 1.807) is 0 Å². The van der Waals surface area contributed by atoms with Gasteiger partial charge in [-0.15, -0.1) is 0 Å². The molecule has 0 saturated heterocycles. The van der Waals surface area contributed by atoms with Crippen LogP contribution in [-0.2, 0) is 6.42 Å². The zero-order valence-electron chi connectivity index (χ0n) is 11.1. The zero-order valence-corrected chi connectivity index (χ0v) is 11.1. The van der Waals surface area contributed by atoms with E-state index >= 15 is 0 Å². The number of hydrogen-bond acceptors (Lipinski definition) is 2. The molecule has 2 N–H and O–H groups in total. The van der Waals surface area contributed by atoms with Gasteiger partial charge in [0, 0.05) is 0 Å². The van der Waals surface area contributed by atoms with Gasteiger partial charge < -0.3 is 10.2 Å². The largest absolute Gasteiger partial charge is 0.390 e. The van der Waals surface area contributed by atoms with Crippen LogP contribution < -0.4 is 0 Å². The second-order valence-electron chi connectivity index (χ2n) is 5.57. The third kappa shape index (κ3) is 1.59. The first-order chi connectivity index (χ1) is 9.75. The molecule has 0 bridgehead atoms. The molecule has 0 aliphatic heterocycles. The van der Waals surface area contributed by atoms with E-state index in [4.69, 9.17) is 0 Å². The molecule has 0 heterocycles. The monoisotopic (exact) mass is 264 g/mol. The molecule has 100 valence electrons. The van der Waals surface area contributed by atoms with Gasteiger partial charge in [0.2, 0.25) is 0 Å². The summed E-state index contributed by atoms with van der Waals surface area (Å²) in [4.78, 5) is 0. The highest BCUT2D eigenvalue weighted by molar-refractivity contribution is 6.09. The summed E-state index contributed by atoms with van der Waals surface area (Å²) in [5, 5.41) is 24.9. The van der Waals surface area contributed by atoms with Crippen molar-refractivity contribution in [1.82, 2.24) is 0 Å². The summed E-state index contributed by atoms with van der Waals surface area (Å²) in [5.74, 6) is 0. The van der Waals surface area contributed by atoms with Crippen molar-refractivity contribution in [2.75, 3.05) is 0 Å². The van der Waals surface area contributed by atoms with Gasteiger partial charge in [-0.2, -0.15) is 0 Å². The lowest BCUT2D eigenvalue weighted by atomic mass is 9.83. The highest BCUT2D eigenvalue weighted by Gasteiger charge is 2.27. The van der Waals surface area contributed by atoms with Crippen molar-refractivity contribution < 1.29 is 10.2 Å². The highest BCUT2D eigenvalue weighted by atomic mass is 16.3. The van der Waals surface area contributed by atoms with Crippen molar-refractivity contribution in [3.8, 4) is 0 Å². The molecule has 0 fully saturated rings. The Labute approximate surface area is 117 Å². The predicted molar refractivity (Wildman–Crippen MR) is 80.7 cm³/mol. The fourth-order valence-corrected chi connectivity index (χ4v) is 3.39. The van der Waals surface area contributed by atoms with Crippen molar-refractivity contribution in [3.05, 3.63) is 59.7 Å². The Bertz CT molecular complexity index is 807. The molecule has 0 aromatic heterocycles. The molecular weight excluding hydrogens is 248 g/mol. The third-order valence-electron chi connectivity index (χ3n) is 4.43. The molecular formula is C18H16O2. The van der Waals surface area contributed by atoms with Gasteiger partial charge in [-0.05, 0) is 45.5 Å². The molecule has 0 spiro atoms. The summed E-state index contributed by atoms with van der Waals surface area (Å²) in [6.07, 6.45) is 0.0344. The Kier molecular flexibility index (Phi) is 2.56. The molecule has 0 saturated carbocycles. The Morgan fingerprint density at radius 3 is 2.50 bits per heavy atom. The molecule has 1 aliphatic rings. The van der Waals surface area contributed by atoms with Gasteiger partial charge in [0.25, 0.3) is 0 Å². The molecule has 4 rings (SSSR count). The van der Waals surface area contributed by atoms with Gasteiger partial charge >= 0.3 is 0 Å². The number of benzene rings is 3. The molecule has 3 aromatic carbocycles. The highest BCUT2D eigenvalue weighted by Crippen LogP contribution is 2.37. The first kappa shape index (κ1) is 11.9. The van der Waals surface area contributed by atoms with E-state index in [0.29, 0.717) is 6.42 Å². The van der Waals surface area contributed by atoms with E-state index in [1.165, 1.54) is 27.1 Å². The van der Waals surface area contributed by atoms with Gasteiger partial charge in [-0.3, -0.25) is 0 Å². The molecule has 2 heteroatoms.